The number of hydrogen-bond donors (Lipinski definition) is 3. The van der Waals surface area contributed by atoms with E-state index in [1.807, 2.05) is 13.8 Å². The number of carbonyl (C=O) groups is 3. The van der Waals surface area contributed by atoms with E-state index in [0.29, 0.717) is 6.42 Å². The average molecular weight is 328 g/mol. The van der Waals surface area contributed by atoms with Gasteiger partial charge in [0, 0.05) is 12.1 Å². The van der Waals surface area contributed by atoms with Crippen LogP contribution in [0.1, 0.15) is 48.0 Å². The number of carboxylic acid groups (broad SMARTS) is 1. The van der Waals surface area contributed by atoms with E-state index in [1.54, 1.807) is 20.8 Å². The van der Waals surface area contributed by atoms with Gasteiger partial charge in [-0.15, -0.1) is 0 Å². The zero-order chi connectivity index (χ0) is 18.2. The molecule has 0 saturated heterocycles. The summed E-state index contributed by atoms with van der Waals surface area (Å²) >= 11 is 0. The fourth-order valence-electron chi connectivity index (χ4n) is 1.75. The molecule has 0 aromatic carbocycles. The topological polar surface area (TPSA) is 105 Å². The lowest BCUT2D eigenvalue weighted by Crippen LogP contribution is -2.49. The summed E-state index contributed by atoms with van der Waals surface area (Å²) in [7, 11) is 0. The average Bonchev–Trinajstić information content (AvgIpc) is 2.32. The lowest BCUT2D eigenvalue weighted by Gasteiger charge is -2.23. The summed E-state index contributed by atoms with van der Waals surface area (Å²) in [6.45, 7) is 10.7. The molecule has 7 heteroatoms. The maximum atomic E-state index is 12.1. The Hall–Kier alpha value is -2.05. The number of rotatable bonds is 7. The van der Waals surface area contributed by atoms with Crippen molar-refractivity contribution < 1.29 is 24.2 Å². The second-order valence-electron chi connectivity index (χ2n) is 6.81. The molecule has 0 aromatic heterocycles. The van der Waals surface area contributed by atoms with Crippen molar-refractivity contribution in [2.45, 2.75) is 65.6 Å². The van der Waals surface area contributed by atoms with Crippen LogP contribution >= 0.6 is 0 Å². The summed E-state index contributed by atoms with van der Waals surface area (Å²) in [4.78, 5) is 34.4. The third-order valence-electron chi connectivity index (χ3n) is 2.65. The molecular weight excluding hydrogens is 300 g/mol. The lowest BCUT2D eigenvalue weighted by molar-refractivity contribution is -0.131. The minimum Gasteiger partial charge on any atom is -0.478 e. The Morgan fingerprint density at radius 2 is 1.70 bits per heavy atom. The monoisotopic (exact) mass is 328 g/mol. The highest BCUT2D eigenvalue weighted by Gasteiger charge is 2.22. The molecule has 3 N–H and O–H groups in total. The zero-order valence-corrected chi connectivity index (χ0v) is 14.7. The van der Waals surface area contributed by atoms with Gasteiger partial charge in [-0.3, -0.25) is 4.79 Å². The third kappa shape index (κ3) is 11.2. The van der Waals surface area contributed by atoms with Crippen molar-refractivity contribution in [3.8, 4) is 0 Å². The molecule has 0 spiro atoms. The maximum Gasteiger partial charge on any atom is 0.408 e. The molecule has 0 bridgehead atoms. The molecule has 0 unspecified atom stereocenters. The first-order valence-corrected chi connectivity index (χ1v) is 7.61. The zero-order valence-electron chi connectivity index (χ0n) is 14.7. The van der Waals surface area contributed by atoms with Crippen LogP contribution < -0.4 is 10.6 Å². The van der Waals surface area contributed by atoms with Crippen molar-refractivity contribution in [2.24, 2.45) is 5.92 Å². The minimum absolute atomic E-state index is 0.271. The van der Waals surface area contributed by atoms with E-state index >= 15 is 0 Å². The molecule has 0 saturated carbocycles. The number of hydrogen-bond acceptors (Lipinski definition) is 4. The summed E-state index contributed by atoms with van der Waals surface area (Å²) in [5.41, 5.74) is -0.648. The third-order valence-corrected chi connectivity index (χ3v) is 2.65. The van der Waals surface area contributed by atoms with Crippen LogP contribution in [0, 0.1) is 5.92 Å². The molecule has 7 nitrogen and oxygen atoms in total. The van der Waals surface area contributed by atoms with E-state index in [4.69, 9.17) is 9.84 Å². The fourth-order valence-corrected chi connectivity index (χ4v) is 1.75. The molecule has 132 valence electrons. The van der Waals surface area contributed by atoms with Crippen molar-refractivity contribution >= 4 is 18.0 Å². The van der Waals surface area contributed by atoms with Gasteiger partial charge in [0.05, 0.1) is 0 Å². The van der Waals surface area contributed by atoms with E-state index in [-0.39, 0.29) is 5.92 Å². The molecule has 2 atom stereocenters. The first-order chi connectivity index (χ1) is 10.4. The highest BCUT2D eigenvalue weighted by molar-refractivity contribution is 5.86. The quantitative estimate of drug-likeness (QED) is 0.621. The molecule has 0 aliphatic heterocycles. The van der Waals surface area contributed by atoms with Gasteiger partial charge in [-0.05, 0) is 40.0 Å². The largest absolute Gasteiger partial charge is 0.478 e. The highest BCUT2D eigenvalue weighted by atomic mass is 16.6. The lowest BCUT2D eigenvalue weighted by atomic mass is 10.0. The number of carboxylic acids is 1. The van der Waals surface area contributed by atoms with Gasteiger partial charge in [-0.25, -0.2) is 9.59 Å². The predicted octanol–water partition coefficient (Wildman–Crippen LogP) is 2.07. The standard InChI is InChI=1S/C16H28N2O5/c1-10(2)9-12(7-8-13(19)20)18-14(21)11(3)17-15(22)23-16(4,5)6/h7-8,10-12H,9H2,1-6H3,(H,17,22)(H,18,21)(H,19,20)/t11-,12+/m0/s1. The number of ether oxygens (including phenoxy) is 1. The van der Waals surface area contributed by atoms with Crippen LogP contribution in [0.2, 0.25) is 0 Å². The minimum atomic E-state index is -1.08. The van der Waals surface area contributed by atoms with E-state index in [2.05, 4.69) is 10.6 Å². The van der Waals surface area contributed by atoms with E-state index in [0.717, 1.165) is 6.08 Å². The second-order valence-corrected chi connectivity index (χ2v) is 6.81. The van der Waals surface area contributed by atoms with Crippen LogP contribution in [-0.2, 0) is 14.3 Å². The van der Waals surface area contributed by atoms with Crippen LogP contribution in [0.5, 0.6) is 0 Å². The van der Waals surface area contributed by atoms with Gasteiger partial charge in [-0.2, -0.15) is 0 Å². The van der Waals surface area contributed by atoms with Crippen LogP contribution in [0.3, 0.4) is 0 Å². The Labute approximate surface area is 137 Å². The van der Waals surface area contributed by atoms with Gasteiger partial charge >= 0.3 is 12.1 Å². The summed E-state index contributed by atoms with van der Waals surface area (Å²) in [5, 5.41) is 13.9. The van der Waals surface area contributed by atoms with Crippen molar-refractivity contribution in [2.75, 3.05) is 0 Å². The molecule has 0 rings (SSSR count). The molecule has 23 heavy (non-hydrogen) atoms. The smallest absolute Gasteiger partial charge is 0.408 e. The predicted molar refractivity (Wildman–Crippen MR) is 87.0 cm³/mol. The molecule has 0 radical (unpaired) electrons. The molecular formula is C16H28N2O5. The number of alkyl carbamates (subject to hydrolysis) is 1. The molecule has 0 aromatic rings. The maximum absolute atomic E-state index is 12.1. The van der Waals surface area contributed by atoms with Gasteiger partial charge in [0.15, 0.2) is 0 Å². The van der Waals surface area contributed by atoms with Crippen LogP contribution in [0.25, 0.3) is 0 Å². The second kappa shape index (κ2) is 9.17. The normalized spacial score (nSPS) is 14.4. The van der Waals surface area contributed by atoms with E-state index in [9.17, 15) is 14.4 Å². The van der Waals surface area contributed by atoms with E-state index < -0.39 is 35.7 Å². The number of amides is 2. The Morgan fingerprint density at radius 3 is 2.13 bits per heavy atom. The van der Waals surface area contributed by atoms with Gasteiger partial charge < -0.3 is 20.5 Å². The summed E-state index contributed by atoms with van der Waals surface area (Å²) in [6, 6.07) is -1.21. The first kappa shape index (κ1) is 20.9. The van der Waals surface area contributed by atoms with Gasteiger partial charge in [0.1, 0.15) is 11.6 Å². The van der Waals surface area contributed by atoms with Crippen LogP contribution in [0.15, 0.2) is 12.2 Å². The first-order valence-electron chi connectivity index (χ1n) is 7.61. The molecule has 0 fully saturated rings. The number of nitrogens with one attached hydrogen (secondary N) is 2. The molecule has 2 amide bonds. The Bertz CT molecular complexity index is 452. The summed E-state index contributed by atoms with van der Waals surface area (Å²) in [5.74, 6) is -1.21. The van der Waals surface area contributed by atoms with E-state index in [1.165, 1.54) is 13.0 Å². The summed E-state index contributed by atoms with van der Waals surface area (Å²) < 4.78 is 5.09. The Kier molecular flexibility index (Phi) is 8.35. The van der Waals surface area contributed by atoms with Gasteiger partial charge in [-0.1, -0.05) is 19.9 Å². The highest BCUT2D eigenvalue weighted by Crippen LogP contribution is 2.08. The SMILES string of the molecule is CC(C)C[C@@H](C=CC(=O)O)NC(=O)[C@H](C)NC(=O)OC(C)(C)C. The van der Waals surface area contributed by atoms with Gasteiger partial charge in [0.2, 0.25) is 5.91 Å². The Morgan fingerprint density at radius 1 is 1.13 bits per heavy atom. The molecule has 0 aliphatic rings. The number of carbonyl (C=O) groups excluding carboxylic acids is 2. The van der Waals surface area contributed by atoms with Gasteiger partial charge in [0.25, 0.3) is 0 Å². The number of aliphatic carboxylic acids is 1. The van der Waals surface area contributed by atoms with Crippen molar-refractivity contribution in [1.29, 1.82) is 0 Å². The van der Waals surface area contributed by atoms with Crippen molar-refractivity contribution in [1.82, 2.24) is 10.6 Å². The van der Waals surface area contributed by atoms with Crippen molar-refractivity contribution in [3.63, 3.8) is 0 Å². The summed E-state index contributed by atoms with van der Waals surface area (Å²) in [6.07, 6.45) is 2.34. The van der Waals surface area contributed by atoms with Crippen LogP contribution in [-0.4, -0.2) is 40.8 Å². The van der Waals surface area contributed by atoms with Crippen molar-refractivity contribution in [3.05, 3.63) is 12.2 Å². The molecule has 0 heterocycles. The van der Waals surface area contributed by atoms with Crippen LogP contribution in [0.4, 0.5) is 4.79 Å². The molecule has 0 aliphatic carbocycles. The fraction of sp³-hybridized carbons (Fsp3) is 0.688. The Balaban J connectivity index is 4.65.